The van der Waals surface area contributed by atoms with Crippen molar-refractivity contribution >= 4 is 15.7 Å². The molecule has 1 aliphatic heterocycles. The smallest absolute Gasteiger partial charge is 0.262 e. The van der Waals surface area contributed by atoms with Gasteiger partial charge in [-0.3, -0.25) is 5.84 Å². The van der Waals surface area contributed by atoms with Crippen LogP contribution in [0.5, 0.6) is 0 Å². The van der Waals surface area contributed by atoms with Crippen molar-refractivity contribution in [1.29, 1.82) is 0 Å². The zero-order chi connectivity index (χ0) is 13.9. The summed E-state index contributed by atoms with van der Waals surface area (Å²) in [4.78, 5) is 3.96. The first-order valence-corrected chi connectivity index (χ1v) is 7.95. The minimum absolute atomic E-state index is 0.00893. The number of pyridine rings is 1. The Bertz CT molecular complexity index is 532. The van der Waals surface area contributed by atoms with E-state index >= 15 is 0 Å². The first-order valence-electron chi connectivity index (χ1n) is 6.51. The van der Waals surface area contributed by atoms with Gasteiger partial charge in [-0.2, -0.15) is 4.31 Å². The Balaban J connectivity index is 2.24. The van der Waals surface area contributed by atoms with E-state index in [0.717, 1.165) is 19.3 Å². The van der Waals surface area contributed by atoms with E-state index in [1.165, 1.54) is 10.5 Å². The average molecular weight is 284 g/mol. The van der Waals surface area contributed by atoms with Crippen molar-refractivity contribution < 1.29 is 8.42 Å². The van der Waals surface area contributed by atoms with E-state index in [1.54, 1.807) is 12.1 Å². The number of nitrogens with zero attached hydrogens (tertiary/aromatic N) is 2. The molecule has 0 amide bonds. The Kier molecular flexibility index (Phi) is 4.38. The summed E-state index contributed by atoms with van der Waals surface area (Å²) in [7, 11) is -3.55. The number of sulfonamides is 1. The quantitative estimate of drug-likeness (QED) is 0.626. The monoisotopic (exact) mass is 284 g/mol. The third kappa shape index (κ3) is 2.88. The minimum Gasteiger partial charge on any atom is -0.321 e. The van der Waals surface area contributed by atoms with E-state index in [2.05, 4.69) is 17.3 Å². The number of aromatic nitrogens is 1. The van der Waals surface area contributed by atoms with Gasteiger partial charge in [0.25, 0.3) is 10.0 Å². The van der Waals surface area contributed by atoms with Gasteiger partial charge < -0.3 is 5.43 Å². The SMILES string of the molecule is CCCC1CCN(S(=O)(=O)c2ncccc2NN)C1. The lowest BCUT2D eigenvalue weighted by Gasteiger charge is -2.17. The van der Waals surface area contributed by atoms with Crippen molar-refractivity contribution in [3.8, 4) is 0 Å². The van der Waals surface area contributed by atoms with Gasteiger partial charge in [-0.25, -0.2) is 13.4 Å². The van der Waals surface area contributed by atoms with Crippen LogP contribution in [0.15, 0.2) is 23.4 Å². The summed E-state index contributed by atoms with van der Waals surface area (Å²) in [5, 5.41) is 0.00893. The molecule has 0 bridgehead atoms. The van der Waals surface area contributed by atoms with Crippen LogP contribution in [0.2, 0.25) is 0 Å². The Morgan fingerprint density at radius 3 is 3.05 bits per heavy atom. The highest BCUT2D eigenvalue weighted by atomic mass is 32.2. The molecule has 1 aromatic rings. The fourth-order valence-corrected chi connectivity index (χ4v) is 4.08. The van der Waals surface area contributed by atoms with E-state index in [9.17, 15) is 8.42 Å². The summed E-state index contributed by atoms with van der Waals surface area (Å²) < 4.78 is 26.6. The predicted octanol–water partition coefficient (Wildman–Crippen LogP) is 1.18. The molecule has 19 heavy (non-hydrogen) atoms. The molecule has 1 atom stereocenters. The van der Waals surface area contributed by atoms with Gasteiger partial charge in [0.2, 0.25) is 0 Å². The molecule has 1 saturated heterocycles. The van der Waals surface area contributed by atoms with Gasteiger partial charge in [-0.05, 0) is 30.9 Å². The van der Waals surface area contributed by atoms with E-state index in [0.29, 0.717) is 24.7 Å². The van der Waals surface area contributed by atoms with Crippen LogP contribution < -0.4 is 11.3 Å². The van der Waals surface area contributed by atoms with Gasteiger partial charge in [-0.1, -0.05) is 13.3 Å². The van der Waals surface area contributed by atoms with Crippen LogP contribution >= 0.6 is 0 Å². The minimum atomic E-state index is -3.55. The molecule has 2 heterocycles. The molecule has 3 N–H and O–H groups in total. The van der Waals surface area contributed by atoms with Crippen LogP contribution in [0.1, 0.15) is 26.2 Å². The molecule has 0 aromatic carbocycles. The Hall–Kier alpha value is -1.18. The number of hydrogen-bond acceptors (Lipinski definition) is 5. The third-order valence-electron chi connectivity index (χ3n) is 3.46. The molecule has 6 nitrogen and oxygen atoms in total. The Morgan fingerprint density at radius 2 is 2.37 bits per heavy atom. The van der Waals surface area contributed by atoms with Crippen LogP contribution in [0.4, 0.5) is 5.69 Å². The number of nitrogen functional groups attached to an aromatic ring is 1. The van der Waals surface area contributed by atoms with Crippen molar-refractivity contribution in [2.75, 3.05) is 18.5 Å². The van der Waals surface area contributed by atoms with Gasteiger partial charge in [0.05, 0.1) is 5.69 Å². The first-order chi connectivity index (χ1) is 9.09. The van der Waals surface area contributed by atoms with Crippen molar-refractivity contribution in [3.05, 3.63) is 18.3 Å². The second kappa shape index (κ2) is 5.85. The summed E-state index contributed by atoms with van der Waals surface area (Å²) in [6, 6.07) is 3.26. The molecule has 0 saturated carbocycles. The lowest BCUT2D eigenvalue weighted by molar-refractivity contribution is 0.443. The van der Waals surface area contributed by atoms with Gasteiger partial charge >= 0.3 is 0 Å². The summed E-state index contributed by atoms with van der Waals surface area (Å²) in [6.45, 7) is 3.26. The van der Waals surface area contributed by atoms with E-state index in [-0.39, 0.29) is 5.03 Å². The molecular formula is C12H20N4O2S. The highest BCUT2D eigenvalue weighted by molar-refractivity contribution is 7.89. The summed E-state index contributed by atoms with van der Waals surface area (Å²) in [5.41, 5.74) is 2.73. The normalized spacial score (nSPS) is 20.6. The van der Waals surface area contributed by atoms with Crippen LogP contribution in [-0.2, 0) is 10.0 Å². The zero-order valence-corrected chi connectivity index (χ0v) is 11.9. The number of hydrazine groups is 1. The highest BCUT2D eigenvalue weighted by Gasteiger charge is 2.34. The van der Waals surface area contributed by atoms with Gasteiger partial charge in [0, 0.05) is 19.3 Å². The maximum atomic E-state index is 12.5. The van der Waals surface area contributed by atoms with Crippen LogP contribution in [0.3, 0.4) is 0 Å². The average Bonchev–Trinajstić information content (AvgIpc) is 2.88. The molecule has 1 aromatic heterocycles. The second-order valence-corrected chi connectivity index (χ2v) is 6.66. The molecule has 7 heteroatoms. The maximum absolute atomic E-state index is 12.5. The van der Waals surface area contributed by atoms with E-state index in [1.807, 2.05) is 0 Å². The fraction of sp³-hybridized carbons (Fsp3) is 0.583. The lowest BCUT2D eigenvalue weighted by Crippen LogP contribution is -2.30. The molecule has 2 rings (SSSR count). The molecule has 1 unspecified atom stereocenters. The number of anilines is 1. The first kappa shape index (κ1) is 14.2. The number of nitrogens with one attached hydrogen (secondary N) is 1. The van der Waals surface area contributed by atoms with E-state index < -0.39 is 10.0 Å². The molecule has 106 valence electrons. The molecule has 1 aliphatic rings. The van der Waals surface area contributed by atoms with Crippen LogP contribution in [0.25, 0.3) is 0 Å². The Morgan fingerprint density at radius 1 is 1.58 bits per heavy atom. The number of rotatable bonds is 5. The molecule has 0 aliphatic carbocycles. The molecular weight excluding hydrogens is 264 g/mol. The summed E-state index contributed by atoms with van der Waals surface area (Å²) in [5.74, 6) is 5.80. The van der Waals surface area contributed by atoms with Gasteiger partial charge in [0.1, 0.15) is 0 Å². The Labute approximate surface area is 114 Å². The number of nitrogens with two attached hydrogens (primary N) is 1. The fourth-order valence-electron chi connectivity index (χ4n) is 2.49. The van der Waals surface area contributed by atoms with Crippen LogP contribution in [0, 0.1) is 5.92 Å². The van der Waals surface area contributed by atoms with Crippen molar-refractivity contribution in [3.63, 3.8) is 0 Å². The van der Waals surface area contributed by atoms with Crippen LogP contribution in [-0.4, -0.2) is 30.8 Å². The maximum Gasteiger partial charge on any atom is 0.262 e. The molecule has 1 fully saturated rings. The molecule has 0 radical (unpaired) electrons. The summed E-state index contributed by atoms with van der Waals surface area (Å²) in [6.07, 6.45) is 4.53. The second-order valence-electron chi connectivity index (χ2n) is 4.81. The number of hydrogen-bond donors (Lipinski definition) is 2. The third-order valence-corrected chi connectivity index (χ3v) is 5.28. The van der Waals surface area contributed by atoms with Gasteiger partial charge in [0.15, 0.2) is 5.03 Å². The van der Waals surface area contributed by atoms with E-state index in [4.69, 9.17) is 5.84 Å². The predicted molar refractivity (Wildman–Crippen MR) is 73.8 cm³/mol. The van der Waals surface area contributed by atoms with Gasteiger partial charge in [-0.15, -0.1) is 0 Å². The standard InChI is InChI=1S/C12H20N4O2S/c1-2-4-10-6-8-16(9-10)19(17,18)12-11(15-13)5-3-7-14-12/h3,5,7,10,15H,2,4,6,8-9,13H2,1H3. The highest BCUT2D eigenvalue weighted by Crippen LogP contribution is 2.28. The van der Waals surface area contributed by atoms with Crippen molar-refractivity contribution in [1.82, 2.24) is 9.29 Å². The molecule has 0 spiro atoms. The van der Waals surface area contributed by atoms with Crippen molar-refractivity contribution in [2.24, 2.45) is 11.8 Å². The zero-order valence-electron chi connectivity index (χ0n) is 11.0. The summed E-state index contributed by atoms with van der Waals surface area (Å²) >= 11 is 0. The lowest BCUT2D eigenvalue weighted by atomic mass is 10.0. The largest absolute Gasteiger partial charge is 0.321 e. The topological polar surface area (TPSA) is 88.3 Å². The van der Waals surface area contributed by atoms with Crippen molar-refractivity contribution in [2.45, 2.75) is 31.2 Å².